The quantitative estimate of drug-likeness (QED) is 0.822. The second-order valence-corrected chi connectivity index (χ2v) is 4.73. The number of hydrogen-bond acceptors (Lipinski definition) is 2. The Balaban J connectivity index is 2.88. The van der Waals surface area contributed by atoms with E-state index in [9.17, 15) is 13.2 Å². The molecular weight excluding hydrogens is 255 g/mol. The zero-order valence-corrected chi connectivity index (χ0v) is 11.1. The highest BCUT2D eigenvalue weighted by atomic mass is 19.4. The van der Waals surface area contributed by atoms with E-state index in [1.807, 2.05) is 32.9 Å². The van der Waals surface area contributed by atoms with Gasteiger partial charge in [-0.15, -0.1) is 0 Å². The van der Waals surface area contributed by atoms with Gasteiger partial charge in [-0.05, 0) is 30.0 Å². The van der Waals surface area contributed by atoms with Gasteiger partial charge in [-0.25, -0.2) is 0 Å². The van der Waals surface area contributed by atoms with Crippen molar-refractivity contribution in [1.29, 1.82) is 5.26 Å². The average molecular weight is 271 g/mol. The Labute approximate surface area is 110 Å². The monoisotopic (exact) mass is 271 g/mol. The third-order valence-electron chi connectivity index (χ3n) is 2.75. The van der Waals surface area contributed by atoms with E-state index in [0.29, 0.717) is 5.75 Å². The molecule has 1 aromatic carbocycles. The standard InChI is InChI=1S/C14H16F3NO/c1-9(2)12-5-4-10(3)6-13(12)19-8-11(7-18)14(15,16)17/h4-6,9,11H,8H2,1-3H3. The molecule has 2 nitrogen and oxygen atoms in total. The van der Waals surface area contributed by atoms with E-state index in [0.717, 1.165) is 11.1 Å². The topological polar surface area (TPSA) is 33.0 Å². The minimum atomic E-state index is -4.56. The number of hydrogen-bond donors (Lipinski definition) is 0. The summed E-state index contributed by atoms with van der Waals surface area (Å²) in [7, 11) is 0. The van der Waals surface area contributed by atoms with Crippen molar-refractivity contribution >= 4 is 0 Å². The van der Waals surface area contributed by atoms with E-state index in [4.69, 9.17) is 10.00 Å². The molecule has 0 aliphatic heterocycles. The molecule has 0 aliphatic rings. The number of nitriles is 1. The van der Waals surface area contributed by atoms with Gasteiger partial charge in [-0.2, -0.15) is 18.4 Å². The molecule has 0 amide bonds. The van der Waals surface area contributed by atoms with Crippen molar-refractivity contribution in [2.24, 2.45) is 5.92 Å². The van der Waals surface area contributed by atoms with Crippen LogP contribution in [0.4, 0.5) is 13.2 Å². The van der Waals surface area contributed by atoms with Gasteiger partial charge in [-0.3, -0.25) is 0 Å². The van der Waals surface area contributed by atoms with Gasteiger partial charge in [0.05, 0.1) is 6.07 Å². The molecule has 0 saturated heterocycles. The molecule has 1 unspecified atom stereocenters. The number of benzene rings is 1. The van der Waals surface area contributed by atoms with E-state index in [2.05, 4.69) is 0 Å². The zero-order valence-electron chi connectivity index (χ0n) is 11.1. The number of nitrogens with zero attached hydrogens (tertiary/aromatic N) is 1. The molecule has 5 heteroatoms. The van der Waals surface area contributed by atoms with Gasteiger partial charge >= 0.3 is 6.18 Å². The van der Waals surface area contributed by atoms with Crippen molar-refractivity contribution in [2.75, 3.05) is 6.61 Å². The van der Waals surface area contributed by atoms with Crippen LogP contribution in [0.1, 0.15) is 30.9 Å². The van der Waals surface area contributed by atoms with Crippen LogP contribution in [0.25, 0.3) is 0 Å². The third-order valence-corrected chi connectivity index (χ3v) is 2.75. The van der Waals surface area contributed by atoms with Crippen LogP contribution in [0.5, 0.6) is 5.75 Å². The van der Waals surface area contributed by atoms with Crippen LogP contribution in [0, 0.1) is 24.2 Å². The summed E-state index contributed by atoms with van der Waals surface area (Å²) < 4.78 is 42.6. The van der Waals surface area contributed by atoms with Crippen molar-refractivity contribution in [3.05, 3.63) is 29.3 Å². The highest BCUT2D eigenvalue weighted by Crippen LogP contribution is 2.30. The molecule has 0 radical (unpaired) electrons. The molecule has 104 valence electrons. The molecular formula is C14H16F3NO. The predicted molar refractivity (Wildman–Crippen MR) is 65.9 cm³/mol. The van der Waals surface area contributed by atoms with E-state index in [1.165, 1.54) is 6.07 Å². The number of rotatable bonds is 4. The minimum Gasteiger partial charge on any atom is -0.492 e. The fourth-order valence-electron chi connectivity index (χ4n) is 1.62. The Morgan fingerprint density at radius 3 is 2.42 bits per heavy atom. The molecule has 0 bridgehead atoms. The summed E-state index contributed by atoms with van der Waals surface area (Å²) in [5.41, 5.74) is 1.74. The Kier molecular flexibility index (Phi) is 4.82. The summed E-state index contributed by atoms with van der Waals surface area (Å²) in [6.07, 6.45) is -4.56. The van der Waals surface area contributed by atoms with E-state index >= 15 is 0 Å². The Hall–Kier alpha value is -1.70. The first-order valence-corrected chi connectivity index (χ1v) is 5.95. The Morgan fingerprint density at radius 2 is 1.95 bits per heavy atom. The van der Waals surface area contributed by atoms with Gasteiger partial charge < -0.3 is 4.74 Å². The molecule has 1 rings (SSSR count). The van der Waals surface area contributed by atoms with Crippen LogP contribution in [-0.2, 0) is 0 Å². The molecule has 1 atom stereocenters. The third kappa shape index (κ3) is 4.16. The maximum absolute atomic E-state index is 12.5. The lowest BCUT2D eigenvalue weighted by Crippen LogP contribution is -2.27. The van der Waals surface area contributed by atoms with Crippen LogP contribution in [0.15, 0.2) is 18.2 Å². The van der Waals surface area contributed by atoms with Crippen molar-refractivity contribution < 1.29 is 17.9 Å². The lowest BCUT2D eigenvalue weighted by molar-refractivity contribution is -0.165. The van der Waals surface area contributed by atoms with E-state index < -0.39 is 18.7 Å². The first-order valence-electron chi connectivity index (χ1n) is 5.95. The summed E-state index contributed by atoms with van der Waals surface area (Å²) >= 11 is 0. The number of aryl methyl sites for hydroxylation is 1. The summed E-state index contributed by atoms with van der Waals surface area (Å²) in [5.74, 6) is -1.55. The summed E-state index contributed by atoms with van der Waals surface area (Å²) in [6.45, 7) is 5.03. The molecule has 19 heavy (non-hydrogen) atoms. The van der Waals surface area contributed by atoms with Gasteiger partial charge in [0.1, 0.15) is 12.4 Å². The second-order valence-electron chi connectivity index (χ2n) is 4.73. The van der Waals surface area contributed by atoms with Crippen LogP contribution < -0.4 is 4.74 Å². The smallest absolute Gasteiger partial charge is 0.407 e. The Bertz CT molecular complexity index is 475. The Morgan fingerprint density at radius 1 is 1.32 bits per heavy atom. The van der Waals surface area contributed by atoms with E-state index in [-0.39, 0.29) is 5.92 Å². The van der Waals surface area contributed by atoms with Crippen molar-refractivity contribution in [2.45, 2.75) is 32.9 Å². The van der Waals surface area contributed by atoms with Gasteiger partial charge in [0.15, 0.2) is 5.92 Å². The molecule has 1 aromatic rings. The molecule has 0 N–H and O–H groups in total. The molecule has 0 heterocycles. The van der Waals surface area contributed by atoms with Gasteiger partial charge in [0.25, 0.3) is 0 Å². The number of alkyl halides is 3. The normalized spacial score (nSPS) is 13.2. The van der Waals surface area contributed by atoms with Crippen molar-refractivity contribution in [1.82, 2.24) is 0 Å². The maximum Gasteiger partial charge on any atom is 0.407 e. The highest BCUT2D eigenvalue weighted by molar-refractivity contribution is 5.39. The zero-order chi connectivity index (χ0) is 14.6. The summed E-state index contributed by atoms with van der Waals surface area (Å²) in [5, 5.41) is 8.52. The SMILES string of the molecule is Cc1ccc(C(C)C)c(OCC(C#N)C(F)(F)F)c1. The second kappa shape index (κ2) is 5.96. The van der Waals surface area contributed by atoms with Crippen LogP contribution >= 0.6 is 0 Å². The maximum atomic E-state index is 12.5. The highest BCUT2D eigenvalue weighted by Gasteiger charge is 2.40. The number of ether oxygens (including phenoxy) is 1. The lowest BCUT2D eigenvalue weighted by Gasteiger charge is -2.18. The van der Waals surface area contributed by atoms with Gasteiger partial charge in [0, 0.05) is 0 Å². The van der Waals surface area contributed by atoms with Crippen LogP contribution in [0.2, 0.25) is 0 Å². The first-order chi connectivity index (χ1) is 8.75. The van der Waals surface area contributed by atoms with Crippen molar-refractivity contribution in [3.8, 4) is 11.8 Å². The predicted octanol–water partition coefficient (Wildman–Crippen LogP) is 4.20. The average Bonchev–Trinajstić information content (AvgIpc) is 2.27. The fraction of sp³-hybridized carbons (Fsp3) is 0.500. The van der Waals surface area contributed by atoms with E-state index in [1.54, 1.807) is 6.07 Å². The molecule has 0 fully saturated rings. The molecule has 0 spiro atoms. The fourth-order valence-corrected chi connectivity index (χ4v) is 1.62. The molecule has 0 saturated carbocycles. The van der Waals surface area contributed by atoms with Crippen molar-refractivity contribution in [3.63, 3.8) is 0 Å². The van der Waals surface area contributed by atoms with Crippen LogP contribution in [-0.4, -0.2) is 12.8 Å². The first kappa shape index (κ1) is 15.4. The minimum absolute atomic E-state index is 0.141. The van der Waals surface area contributed by atoms with Gasteiger partial charge in [-0.1, -0.05) is 26.0 Å². The lowest BCUT2D eigenvalue weighted by atomic mass is 10.0. The molecule has 0 aromatic heterocycles. The summed E-state index contributed by atoms with van der Waals surface area (Å²) in [6, 6.07) is 6.64. The largest absolute Gasteiger partial charge is 0.492 e. The molecule has 0 aliphatic carbocycles. The van der Waals surface area contributed by atoms with Crippen LogP contribution in [0.3, 0.4) is 0 Å². The number of halogens is 3. The van der Waals surface area contributed by atoms with Gasteiger partial charge in [0.2, 0.25) is 0 Å². The summed E-state index contributed by atoms with van der Waals surface area (Å²) in [4.78, 5) is 0.